The van der Waals surface area contributed by atoms with Gasteiger partial charge in [0, 0.05) is 0 Å². The normalized spacial score (nSPS) is 25.1. The highest BCUT2D eigenvalue weighted by molar-refractivity contribution is 5.62. The van der Waals surface area contributed by atoms with Crippen LogP contribution in [0.15, 0.2) is 60.7 Å². The molecule has 2 aromatic rings. The van der Waals surface area contributed by atoms with Crippen molar-refractivity contribution in [3.63, 3.8) is 0 Å². The summed E-state index contributed by atoms with van der Waals surface area (Å²) in [4.78, 5) is 20.7. The lowest BCUT2D eigenvalue weighted by Crippen LogP contribution is -2.35. The van der Waals surface area contributed by atoms with Crippen LogP contribution in [0.3, 0.4) is 0 Å². The molecule has 0 saturated carbocycles. The minimum absolute atomic E-state index is 0.0428. The molecule has 0 aliphatic carbocycles. The van der Waals surface area contributed by atoms with Crippen molar-refractivity contribution in [3.05, 3.63) is 60.7 Å². The molecule has 0 spiro atoms. The Morgan fingerprint density at radius 3 is 1.39 bits per heavy atom. The van der Waals surface area contributed by atoms with E-state index in [4.69, 9.17) is 19.7 Å². The molecule has 4 rings (SSSR count). The molecule has 0 radical (unpaired) electrons. The zero-order chi connectivity index (χ0) is 19.9. The molecule has 2 saturated heterocycles. The highest BCUT2D eigenvalue weighted by Gasteiger charge is 2.51. The average Bonchev–Trinajstić information content (AvgIpc) is 3.27. The Morgan fingerprint density at radius 1 is 0.714 bits per heavy atom. The number of rotatable bonds is 3. The van der Waals surface area contributed by atoms with Gasteiger partial charge < -0.3 is 29.2 Å². The van der Waals surface area contributed by atoms with Crippen molar-refractivity contribution in [1.29, 1.82) is 0 Å². The van der Waals surface area contributed by atoms with Gasteiger partial charge in [-0.25, -0.2) is 9.59 Å². The van der Waals surface area contributed by atoms with Crippen LogP contribution in [0.25, 0.3) is 11.1 Å². The van der Waals surface area contributed by atoms with E-state index in [9.17, 15) is 9.59 Å². The topological polar surface area (TPSA) is 112 Å². The lowest BCUT2D eigenvalue weighted by molar-refractivity contribution is -0.0305. The molecule has 2 fully saturated rings. The summed E-state index contributed by atoms with van der Waals surface area (Å²) < 4.78 is 19.5. The first-order chi connectivity index (χ1) is 13.5. The molecular formula is C20H20O8. The van der Waals surface area contributed by atoms with Crippen molar-refractivity contribution in [3.8, 4) is 11.1 Å². The van der Waals surface area contributed by atoms with Crippen LogP contribution >= 0.6 is 0 Å². The summed E-state index contributed by atoms with van der Waals surface area (Å²) in [6.07, 6.45) is -5.49. The largest absolute Gasteiger partial charge is 0.506 e. The highest BCUT2D eigenvalue weighted by Crippen LogP contribution is 2.30. The van der Waals surface area contributed by atoms with Crippen LogP contribution < -0.4 is 0 Å². The second-order valence-corrected chi connectivity index (χ2v) is 6.17. The predicted octanol–water partition coefficient (Wildman–Crippen LogP) is 3.26. The van der Waals surface area contributed by atoms with Crippen molar-refractivity contribution in [2.75, 3.05) is 13.2 Å². The van der Waals surface area contributed by atoms with Gasteiger partial charge in [-0.2, -0.15) is 0 Å². The number of carbonyl (C=O) groups is 2. The van der Waals surface area contributed by atoms with Gasteiger partial charge in [0.1, 0.15) is 12.2 Å². The van der Waals surface area contributed by atoms with Gasteiger partial charge in [0.2, 0.25) is 0 Å². The Kier molecular flexibility index (Phi) is 6.46. The fraction of sp³-hybridized carbons (Fsp3) is 0.300. The number of hydrogen-bond donors (Lipinski definition) is 2. The molecule has 8 nitrogen and oxygen atoms in total. The Hall–Kier alpha value is -3.10. The van der Waals surface area contributed by atoms with Crippen LogP contribution in [-0.4, -0.2) is 60.2 Å². The monoisotopic (exact) mass is 388 g/mol. The average molecular weight is 388 g/mol. The van der Waals surface area contributed by atoms with Gasteiger partial charge in [-0.15, -0.1) is 0 Å². The molecule has 0 aromatic heterocycles. The molecule has 0 amide bonds. The van der Waals surface area contributed by atoms with Crippen LogP contribution in [0.4, 0.5) is 9.59 Å². The van der Waals surface area contributed by atoms with E-state index in [0.29, 0.717) is 0 Å². The van der Waals surface area contributed by atoms with Crippen molar-refractivity contribution >= 4 is 12.3 Å². The molecule has 0 unspecified atom stereocenters. The van der Waals surface area contributed by atoms with Crippen molar-refractivity contribution in [1.82, 2.24) is 0 Å². The third-order valence-corrected chi connectivity index (χ3v) is 4.35. The summed E-state index contributed by atoms with van der Waals surface area (Å²) in [6.45, 7) is 0.0855. The molecule has 2 aliphatic heterocycles. The number of benzene rings is 2. The first-order valence-corrected chi connectivity index (χ1v) is 8.67. The molecule has 8 heteroatoms. The fourth-order valence-corrected chi connectivity index (χ4v) is 3.15. The second-order valence-electron chi connectivity index (χ2n) is 6.17. The first kappa shape index (κ1) is 19.7. The van der Waals surface area contributed by atoms with Gasteiger partial charge in [-0.3, -0.25) is 0 Å². The third-order valence-electron chi connectivity index (χ3n) is 4.35. The zero-order valence-corrected chi connectivity index (χ0v) is 14.8. The maximum atomic E-state index is 10.3. The Morgan fingerprint density at radius 2 is 1.07 bits per heavy atom. The molecule has 148 valence electrons. The van der Waals surface area contributed by atoms with Crippen LogP contribution in [0.1, 0.15) is 0 Å². The van der Waals surface area contributed by atoms with E-state index < -0.39 is 36.7 Å². The van der Waals surface area contributed by atoms with Gasteiger partial charge in [-0.05, 0) is 11.1 Å². The van der Waals surface area contributed by atoms with E-state index in [0.717, 1.165) is 0 Å². The highest BCUT2D eigenvalue weighted by atomic mass is 16.7. The van der Waals surface area contributed by atoms with Crippen LogP contribution in [0.5, 0.6) is 0 Å². The third kappa shape index (κ3) is 4.99. The zero-order valence-electron chi connectivity index (χ0n) is 14.8. The van der Waals surface area contributed by atoms with Gasteiger partial charge in [-0.1, -0.05) is 60.7 Å². The van der Waals surface area contributed by atoms with Gasteiger partial charge in [0.15, 0.2) is 12.2 Å². The summed E-state index contributed by atoms with van der Waals surface area (Å²) in [5.41, 5.74) is 2.55. The summed E-state index contributed by atoms with van der Waals surface area (Å²) >= 11 is 0. The molecular weight excluding hydrogens is 368 g/mol. The lowest BCUT2D eigenvalue weighted by Gasteiger charge is -2.14. The van der Waals surface area contributed by atoms with E-state index in [1.165, 1.54) is 11.1 Å². The summed E-state index contributed by atoms with van der Waals surface area (Å²) in [5.74, 6) is 0. The van der Waals surface area contributed by atoms with Gasteiger partial charge in [0.25, 0.3) is 0 Å². The SMILES string of the molecule is O=C(O)O[C@H]1CO[C@H]2[C@@H]1OC[C@@H]2OC(=O)O.c1ccc(-c2ccccc2)cc1. The van der Waals surface area contributed by atoms with Crippen molar-refractivity contribution in [2.24, 2.45) is 0 Å². The minimum Gasteiger partial charge on any atom is -0.450 e. The van der Waals surface area contributed by atoms with E-state index in [-0.39, 0.29) is 13.2 Å². The molecule has 2 heterocycles. The maximum absolute atomic E-state index is 10.3. The maximum Gasteiger partial charge on any atom is 0.506 e. The number of carboxylic acid groups (broad SMARTS) is 2. The summed E-state index contributed by atoms with van der Waals surface area (Å²) in [5, 5.41) is 16.9. The molecule has 2 aromatic carbocycles. The molecule has 0 bridgehead atoms. The van der Waals surface area contributed by atoms with Gasteiger partial charge in [0.05, 0.1) is 13.2 Å². The summed E-state index contributed by atoms with van der Waals surface area (Å²) in [7, 11) is 0. The standard InChI is InChI=1S/C12H10.C8H10O8/c1-3-7-11(8-4-1)12-9-5-2-6-10-12;9-7(10)15-3-1-13-6-4(16-8(11)12)2-14-5(3)6/h1-10H;3-6H,1-2H2,(H,9,10)(H,11,12)/t;3-,4-,5+,6+/m.0/s1. The summed E-state index contributed by atoms with van der Waals surface area (Å²) in [6, 6.07) is 20.8. The Bertz CT molecular complexity index is 712. The van der Waals surface area contributed by atoms with E-state index in [1.54, 1.807) is 0 Å². The smallest absolute Gasteiger partial charge is 0.450 e. The minimum atomic E-state index is -1.42. The number of hydrogen-bond acceptors (Lipinski definition) is 6. The van der Waals surface area contributed by atoms with Crippen LogP contribution in [-0.2, 0) is 18.9 Å². The van der Waals surface area contributed by atoms with E-state index >= 15 is 0 Å². The Balaban J connectivity index is 0.000000167. The van der Waals surface area contributed by atoms with Crippen molar-refractivity contribution < 1.29 is 38.7 Å². The fourth-order valence-electron chi connectivity index (χ4n) is 3.15. The molecule has 28 heavy (non-hydrogen) atoms. The van der Waals surface area contributed by atoms with E-state index in [2.05, 4.69) is 58.0 Å². The molecule has 4 atom stereocenters. The van der Waals surface area contributed by atoms with E-state index in [1.807, 2.05) is 12.1 Å². The quantitative estimate of drug-likeness (QED) is 0.771. The second kappa shape index (κ2) is 9.20. The van der Waals surface area contributed by atoms with Gasteiger partial charge >= 0.3 is 12.3 Å². The van der Waals surface area contributed by atoms with Crippen molar-refractivity contribution in [2.45, 2.75) is 24.4 Å². The number of fused-ring (bicyclic) bond motifs is 1. The molecule has 2 aliphatic rings. The Labute approximate surface area is 161 Å². The molecule has 2 N–H and O–H groups in total. The first-order valence-electron chi connectivity index (χ1n) is 8.67. The number of ether oxygens (including phenoxy) is 4. The predicted molar refractivity (Wildman–Crippen MR) is 97.2 cm³/mol. The van der Waals surface area contributed by atoms with Crippen LogP contribution in [0, 0.1) is 0 Å². The van der Waals surface area contributed by atoms with Crippen LogP contribution in [0.2, 0.25) is 0 Å². The lowest BCUT2D eigenvalue weighted by atomic mass is 10.1.